The molecule has 21 heavy (non-hydrogen) atoms. The standard InChI is InChI=1S/C12H12ClN3O4S/c1-8(12(17)18)21(19,20)15-10-4-2-3-9(13)11(10)16-6-5-14-7-16/h2-8,15H,1H3,(H,17,18). The van der Waals surface area contributed by atoms with E-state index in [0.717, 1.165) is 6.92 Å². The third kappa shape index (κ3) is 3.17. The maximum absolute atomic E-state index is 12.0. The van der Waals surface area contributed by atoms with E-state index in [0.29, 0.717) is 10.7 Å². The number of aromatic nitrogens is 2. The van der Waals surface area contributed by atoms with Crippen molar-refractivity contribution in [3.8, 4) is 5.69 Å². The number of nitrogens with one attached hydrogen (secondary N) is 1. The number of benzene rings is 1. The minimum absolute atomic E-state index is 0.175. The van der Waals surface area contributed by atoms with E-state index >= 15 is 0 Å². The van der Waals surface area contributed by atoms with Crippen LogP contribution in [-0.2, 0) is 14.8 Å². The van der Waals surface area contributed by atoms with Crippen molar-refractivity contribution in [2.45, 2.75) is 12.2 Å². The monoisotopic (exact) mass is 329 g/mol. The summed E-state index contributed by atoms with van der Waals surface area (Å²) in [5.74, 6) is -1.44. The van der Waals surface area contributed by atoms with Crippen LogP contribution in [0.2, 0.25) is 5.02 Å². The molecule has 2 N–H and O–H groups in total. The summed E-state index contributed by atoms with van der Waals surface area (Å²) in [5, 5.41) is 7.55. The Morgan fingerprint density at radius 1 is 1.48 bits per heavy atom. The quantitative estimate of drug-likeness (QED) is 0.870. The normalized spacial score (nSPS) is 12.9. The average molecular weight is 330 g/mol. The van der Waals surface area contributed by atoms with Crippen LogP contribution in [0.1, 0.15) is 6.92 Å². The zero-order chi connectivity index (χ0) is 15.6. The molecule has 0 amide bonds. The first-order valence-electron chi connectivity index (χ1n) is 5.84. The lowest BCUT2D eigenvalue weighted by atomic mass is 10.2. The van der Waals surface area contributed by atoms with Gasteiger partial charge in [0.05, 0.1) is 22.7 Å². The Kier molecular flexibility index (Phi) is 4.19. The summed E-state index contributed by atoms with van der Waals surface area (Å²) in [6.07, 6.45) is 4.57. The Morgan fingerprint density at radius 2 is 2.19 bits per heavy atom. The molecule has 0 aliphatic carbocycles. The number of halogens is 1. The van der Waals surface area contributed by atoms with Gasteiger partial charge in [0.15, 0.2) is 5.25 Å². The highest BCUT2D eigenvalue weighted by molar-refractivity contribution is 7.94. The zero-order valence-corrected chi connectivity index (χ0v) is 12.5. The molecule has 0 saturated heterocycles. The first-order chi connectivity index (χ1) is 9.83. The van der Waals surface area contributed by atoms with Crippen molar-refractivity contribution in [1.82, 2.24) is 9.55 Å². The van der Waals surface area contributed by atoms with E-state index in [2.05, 4.69) is 9.71 Å². The molecule has 1 aromatic heterocycles. The van der Waals surface area contributed by atoms with Crippen LogP contribution in [0, 0.1) is 0 Å². The van der Waals surface area contributed by atoms with E-state index in [1.165, 1.54) is 23.2 Å². The van der Waals surface area contributed by atoms with Gasteiger partial charge in [-0.3, -0.25) is 9.52 Å². The van der Waals surface area contributed by atoms with Gasteiger partial charge in [0.1, 0.15) is 0 Å². The molecule has 1 unspecified atom stereocenters. The second-order valence-electron chi connectivity index (χ2n) is 4.23. The van der Waals surface area contributed by atoms with Crippen molar-refractivity contribution < 1.29 is 18.3 Å². The summed E-state index contributed by atoms with van der Waals surface area (Å²) < 4.78 is 27.8. The van der Waals surface area contributed by atoms with Crippen molar-refractivity contribution in [1.29, 1.82) is 0 Å². The van der Waals surface area contributed by atoms with Gasteiger partial charge in [-0.25, -0.2) is 13.4 Å². The molecule has 2 aromatic rings. The van der Waals surface area contributed by atoms with Crippen LogP contribution >= 0.6 is 11.6 Å². The van der Waals surface area contributed by atoms with E-state index in [4.69, 9.17) is 16.7 Å². The molecule has 112 valence electrons. The van der Waals surface area contributed by atoms with E-state index in [9.17, 15) is 13.2 Å². The molecule has 0 saturated carbocycles. The first kappa shape index (κ1) is 15.3. The summed E-state index contributed by atoms with van der Waals surface area (Å²) in [6, 6.07) is 4.65. The number of carbonyl (C=O) groups is 1. The highest BCUT2D eigenvalue weighted by Crippen LogP contribution is 2.29. The fraction of sp³-hybridized carbons (Fsp3) is 0.167. The molecule has 0 aliphatic heterocycles. The molecule has 0 spiro atoms. The first-order valence-corrected chi connectivity index (χ1v) is 7.76. The van der Waals surface area contributed by atoms with Gasteiger partial charge in [-0.15, -0.1) is 0 Å². The number of anilines is 1. The van der Waals surface area contributed by atoms with Crippen LogP contribution in [0.5, 0.6) is 0 Å². The number of carboxylic acids is 1. The molecule has 0 fully saturated rings. The second-order valence-corrected chi connectivity index (χ2v) is 6.64. The van der Waals surface area contributed by atoms with Gasteiger partial charge in [-0.2, -0.15) is 0 Å². The van der Waals surface area contributed by atoms with Crippen LogP contribution in [0.4, 0.5) is 5.69 Å². The molecular formula is C12H12ClN3O4S. The fourth-order valence-electron chi connectivity index (χ4n) is 1.63. The Hall–Kier alpha value is -2.06. The summed E-state index contributed by atoms with van der Waals surface area (Å²) >= 11 is 6.09. The van der Waals surface area contributed by atoms with E-state index in [1.807, 2.05) is 0 Å². The molecule has 1 atom stereocenters. The van der Waals surface area contributed by atoms with Gasteiger partial charge in [0.25, 0.3) is 0 Å². The lowest BCUT2D eigenvalue weighted by molar-refractivity contribution is -0.136. The van der Waals surface area contributed by atoms with Crippen LogP contribution < -0.4 is 4.72 Å². The molecule has 0 radical (unpaired) electrons. The van der Waals surface area contributed by atoms with Crippen LogP contribution in [-0.4, -0.2) is 34.3 Å². The molecule has 0 bridgehead atoms. The number of aliphatic carboxylic acids is 1. The van der Waals surface area contributed by atoms with Gasteiger partial charge in [-0.05, 0) is 19.1 Å². The zero-order valence-electron chi connectivity index (χ0n) is 10.9. The predicted molar refractivity (Wildman–Crippen MR) is 78.2 cm³/mol. The summed E-state index contributed by atoms with van der Waals surface area (Å²) in [7, 11) is -4.08. The topological polar surface area (TPSA) is 101 Å². The van der Waals surface area contributed by atoms with Crippen LogP contribution in [0.3, 0.4) is 0 Å². The van der Waals surface area contributed by atoms with Crippen molar-refractivity contribution in [2.75, 3.05) is 4.72 Å². The largest absolute Gasteiger partial charge is 0.480 e. The van der Waals surface area contributed by atoms with E-state index in [-0.39, 0.29) is 5.69 Å². The molecular weight excluding hydrogens is 318 g/mol. The van der Waals surface area contributed by atoms with E-state index in [1.54, 1.807) is 18.3 Å². The number of nitrogens with zero attached hydrogens (tertiary/aromatic N) is 2. The Morgan fingerprint density at radius 3 is 2.76 bits per heavy atom. The molecule has 9 heteroatoms. The fourth-order valence-corrected chi connectivity index (χ4v) is 2.81. The highest BCUT2D eigenvalue weighted by atomic mass is 35.5. The third-order valence-electron chi connectivity index (χ3n) is 2.81. The van der Waals surface area contributed by atoms with Crippen molar-refractivity contribution in [3.63, 3.8) is 0 Å². The second kappa shape index (κ2) is 5.74. The highest BCUT2D eigenvalue weighted by Gasteiger charge is 2.28. The number of rotatable bonds is 5. The molecule has 2 rings (SSSR count). The number of carboxylic acid groups (broad SMARTS) is 1. The molecule has 1 aromatic carbocycles. The maximum atomic E-state index is 12.0. The third-order valence-corrected chi connectivity index (χ3v) is 4.76. The summed E-state index contributed by atoms with van der Waals surface area (Å²) in [6.45, 7) is 1.09. The van der Waals surface area contributed by atoms with Gasteiger partial charge >= 0.3 is 5.97 Å². The van der Waals surface area contributed by atoms with E-state index < -0.39 is 21.2 Å². The Labute approximate surface area is 126 Å². The maximum Gasteiger partial charge on any atom is 0.323 e. The summed E-state index contributed by atoms with van der Waals surface area (Å²) in [5.41, 5.74) is 0.548. The number of hydrogen-bond donors (Lipinski definition) is 2. The summed E-state index contributed by atoms with van der Waals surface area (Å²) in [4.78, 5) is 14.7. The van der Waals surface area contributed by atoms with Crippen LogP contribution in [0.15, 0.2) is 36.9 Å². The van der Waals surface area contributed by atoms with Gasteiger partial charge in [-0.1, -0.05) is 17.7 Å². The minimum Gasteiger partial charge on any atom is -0.480 e. The van der Waals surface area contributed by atoms with Gasteiger partial charge in [0, 0.05) is 12.4 Å². The average Bonchev–Trinajstić information content (AvgIpc) is 2.91. The van der Waals surface area contributed by atoms with Crippen molar-refractivity contribution >= 4 is 33.3 Å². The van der Waals surface area contributed by atoms with Crippen LogP contribution in [0.25, 0.3) is 5.69 Å². The Bertz CT molecular complexity index is 759. The SMILES string of the molecule is CC(C(=O)O)S(=O)(=O)Nc1cccc(Cl)c1-n1ccnc1. The van der Waals surface area contributed by atoms with Gasteiger partial charge < -0.3 is 9.67 Å². The molecule has 0 aliphatic rings. The number of hydrogen-bond acceptors (Lipinski definition) is 4. The number of imidazole rings is 1. The predicted octanol–water partition coefficient (Wildman–Crippen LogP) is 1.74. The molecule has 1 heterocycles. The lowest BCUT2D eigenvalue weighted by Crippen LogP contribution is -2.32. The lowest BCUT2D eigenvalue weighted by Gasteiger charge is -2.16. The smallest absolute Gasteiger partial charge is 0.323 e. The van der Waals surface area contributed by atoms with Crippen molar-refractivity contribution in [2.24, 2.45) is 0 Å². The number of para-hydroxylation sites is 1. The minimum atomic E-state index is -4.08. The van der Waals surface area contributed by atoms with Gasteiger partial charge in [0.2, 0.25) is 10.0 Å². The van der Waals surface area contributed by atoms with Crippen molar-refractivity contribution in [3.05, 3.63) is 41.9 Å². The number of sulfonamides is 1. The molecule has 7 nitrogen and oxygen atoms in total. The Balaban J connectivity index is 2.47.